The van der Waals surface area contributed by atoms with E-state index >= 15 is 0 Å². The highest BCUT2D eigenvalue weighted by Gasteiger charge is 2.17. The van der Waals surface area contributed by atoms with Crippen LogP contribution in [-0.4, -0.2) is 42.4 Å². The van der Waals surface area contributed by atoms with Crippen molar-refractivity contribution in [2.75, 3.05) is 5.32 Å². The van der Waals surface area contributed by atoms with Gasteiger partial charge in [0.25, 0.3) is 5.91 Å². The zero-order valence-corrected chi connectivity index (χ0v) is 24.0. The number of H-pyrrole nitrogens is 1. The van der Waals surface area contributed by atoms with E-state index in [4.69, 9.17) is 4.98 Å². The molecule has 9 nitrogen and oxygen atoms in total. The number of fused-ring (bicyclic) bond motifs is 1. The summed E-state index contributed by atoms with van der Waals surface area (Å²) >= 11 is 0. The van der Waals surface area contributed by atoms with Crippen LogP contribution in [0.5, 0.6) is 0 Å². The summed E-state index contributed by atoms with van der Waals surface area (Å²) in [6.07, 6.45) is 3.65. The lowest BCUT2D eigenvalue weighted by atomic mass is 9.98. The number of rotatable bonds is 10. The molecule has 0 unspecified atom stereocenters. The van der Waals surface area contributed by atoms with Crippen LogP contribution in [0, 0.1) is 6.92 Å². The van der Waals surface area contributed by atoms with Gasteiger partial charge >= 0.3 is 0 Å². The van der Waals surface area contributed by atoms with Gasteiger partial charge in [0.15, 0.2) is 6.29 Å². The number of imidazole rings is 1. The number of unbranched alkanes of at least 4 members (excludes halogenated alkanes) is 1. The number of aromatic amines is 1. The van der Waals surface area contributed by atoms with E-state index in [9.17, 15) is 9.59 Å². The van der Waals surface area contributed by atoms with Gasteiger partial charge in [-0.3, -0.25) is 9.59 Å². The summed E-state index contributed by atoms with van der Waals surface area (Å²) in [5.74, 6) is 1.25. The van der Waals surface area contributed by atoms with Crippen LogP contribution >= 0.6 is 0 Å². The van der Waals surface area contributed by atoms with Gasteiger partial charge in [0.2, 0.25) is 5.82 Å². The molecule has 0 aliphatic carbocycles. The van der Waals surface area contributed by atoms with Gasteiger partial charge in [-0.05, 0) is 59.0 Å². The number of carbonyl (C=O) groups is 2. The van der Waals surface area contributed by atoms with Crippen LogP contribution in [0.3, 0.4) is 0 Å². The first-order valence-electron chi connectivity index (χ1n) is 14.3. The standard InChI is InChI=1S/C34H31N7O2/c1-3-4-13-31-36-32-22(2)18-26(35-34(43)28-11-6-5-9-25(28)21-42)19-30(32)41(31)20-23-14-16-24(17-15-23)27-10-7-8-12-29(27)33-37-39-40-38-33/h5-12,14-19,21H,3-4,13,20H2,1-2H3,(H,35,43)(H,37,38,39,40). The second-order valence-electron chi connectivity index (χ2n) is 10.5. The maximum absolute atomic E-state index is 13.1. The van der Waals surface area contributed by atoms with Crippen molar-refractivity contribution >= 4 is 28.9 Å². The molecule has 9 heteroatoms. The lowest BCUT2D eigenvalue weighted by Gasteiger charge is -2.13. The van der Waals surface area contributed by atoms with Crippen molar-refractivity contribution in [3.05, 3.63) is 113 Å². The number of carbonyl (C=O) groups excluding carboxylic acids is 2. The van der Waals surface area contributed by atoms with Crippen molar-refractivity contribution in [1.82, 2.24) is 30.2 Å². The normalized spacial score (nSPS) is 11.1. The summed E-state index contributed by atoms with van der Waals surface area (Å²) < 4.78 is 2.25. The quantitative estimate of drug-likeness (QED) is 0.178. The predicted octanol–water partition coefficient (Wildman–Crippen LogP) is 6.65. The summed E-state index contributed by atoms with van der Waals surface area (Å²) in [5.41, 5.74) is 8.33. The number of hydrogen-bond acceptors (Lipinski definition) is 6. The Labute approximate surface area is 249 Å². The topological polar surface area (TPSA) is 118 Å². The number of nitrogens with zero attached hydrogens (tertiary/aromatic N) is 5. The third-order valence-electron chi connectivity index (χ3n) is 7.59. The summed E-state index contributed by atoms with van der Waals surface area (Å²) in [6.45, 7) is 4.82. The van der Waals surface area contributed by atoms with E-state index in [1.54, 1.807) is 24.3 Å². The minimum absolute atomic E-state index is 0.324. The molecular weight excluding hydrogens is 538 g/mol. The zero-order chi connectivity index (χ0) is 29.8. The molecule has 2 aromatic heterocycles. The Morgan fingerprint density at radius 1 is 0.977 bits per heavy atom. The number of tetrazole rings is 1. The van der Waals surface area contributed by atoms with Crippen molar-refractivity contribution in [3.8, 4) is 22.5 Å². The molecule has 0 bridgehead atoms. The van der Waals surface area contributed by atoms with Gasteiger partial charge in [0.1, 0.15) is 5.82 Å². The molecule has 214 valence electrons. The Hall–Kier alpha value is -5.44. The average molecular weight is 570 g/mol. The molecule has 0 saturated heterocycles. The maximum atomic E-state index is 13.1. The number of hydrogen-bond donors (Lipinski definition) is 2. The smallest absolute Gasteiger partial charge is 0.256 e. The van der Waals surface area contributed by atoms with Gasteiger partial charge in [-0.15, -0.1) is 10.2 Å². The first kappa shape index (κ1) is 27.7. The van der Waals surface area contributed by atoms with Crippen LogP contribution in [-0.2, 0) is 13.0 Å². The number of aldehydes is 1. The van der Waals surface area contributed by atoms with Crippen LogP contribution in [0.15, 0.2) is 84.9 Å². The van der Waals surface area contributed by atoms with Gasteiger partial charge in [-0.1, -0.05) is 80.1 Å². The highest BCUT2D eigenvalue weighted by atomic mass is 16.1. The Bertz CT molecular complexity index is 1910. The molecule has 0 saturated carbocycles. The third kappa shape index (κ3) is 5.70. The SMILES string of the molecule is CCCCc1nc2c(C)cc(NC(=O)c3ccccc3C=O)cc2n1Cc1ccc(-c2ccccc2-c2nn[nH]n2)cc1. The Morgan fingerprint density at radius 2 is 1.74 bits per heavy atom. The number of benzene rings is 4. The van der Waals surface area contributed by atoms with Gasteiger partial charge in [-0.25, -0.2) is 4.98 Å². The largest absolute Gasteiger partial charge is 0.323 e. The van der Waals surface area contributed by atoms with Gasteiger partial charge in [0.05, 0.1) is 16.6 Å². The first-order valence-corrected chi connectivity index (χ1v) is 14.3. The van der Waals surface area contributed by atoms with Crippen molar-refractivity contribution in [1.29, 1.82) is 0 Å². The average Bonchev–Trinajstić information content (AvgIpc) is 3.69. The van der Waals surface area contributed by atoms with Gasteiger partial charge in [0, 0.05) is 29.8 Å². The van der Waals surface area contributed by atoms with Gasteiger partial charge in [-0.2, -0.15) is 5.21 Å². The fraction of sp³-hybridized carbons (Fsp3) is 0.176. The molecule has 0 aliphatic rings. The molecular formula is C34H31N7O2. The molecule has 0 aliphatic heterocycles. The van der Waals surface area contributed by atoms with Crippen LogP contribution in [0.2, 0.25) is 0 Å². The lowest BCUT2D eigenvalue weighted by molar-refractivity contribution is 0.101. The third-order valence-corrected chi connectivity index (χ3v) is 7.59. The molecule has 0 fully saturated rings. The van der Waals surface area contributed by atoms with E-state index in [1.807, 2.05) is 37.3 Å². The maximum Gasteiger partial charge on any atom is 0.256 e. The Morgan fingerprint density at radius 3 is 2.49 bits per heavy atom. The van der Waals surface area contributed by atoms with Crippen LogP contribution < -0.4 is 5.32 Å². The van der Waals surface area contributed by atoms with Crippen molar-refractivity contribution in [2.24, 2.45) is 0 Å². The highest BCUT2D eigenvalue weighted by Crippen LogP contribution is 2.31. The lowest BCUT2D eigenvalue weighted by Crippen LogP contribution is -2.14. The van der Waals surface area contributed by atoms with Crippen LogP contribution in [0.4, 0.5) is 5.69 Å². The molecule has 43 heavy (non-hydrogen) atoms. The highest BCUT2D eigenvalue weighted by molar-refractivity contribution is 6.09. The van der Waals surface area contributed by atoms with Crippen LogP contribution in [0.1, 0.15) is 57.4 Å². The van der Waals surface area contributed by atoms with Crippen molar-refractivity contribution < 1.29 is 9.59 Å². The Balaban J connectivity index is 1.33. The fourth-order valence-corrected chi connectivity index (χ4v) is 5.40. The Kier molecular flexibility index (Phi) is 7.86. The molecule has 1 amide bonds. The second kappa shape index (κ2) is 12.2. The molecule has 0 atom stereocenters. The molecule has 2 N–H and O–H groups in total. The van der Waals surface area contributed by atoms with Crippen LogP contribution in [0.25, 0.3) is 33.5 Å². The zero-order valence-electron chi connectivity index (χ0n) is 24.0. The first-order chi connectivity index (χ1) is 21.1. The molecule has 6 aromatic rings. The molecule has 4 aromatic carbocycles. The molecule has 0 spiro atoms. The second-order valence-corrected chi connectivity index (χ2v) is 10.5. The minimum atomic E-state index is -0.324. The van der Waals surface area contributed by atoms with E-state index in [2.05, 4.69) is 67.8 Å². The minimum Gasteiger partial charge on any atom is -0.323 e. The fourth-order valence-electron chi connectivity index (χ4n) is 5.40. The summed E-state index contributed by atoms with van der Waals surface area (Å²) in [6, 6.07) is 27.2. The number of anilines is 1. The summed E-state index contributed by atoms with van der Waals surface area (Å²) in [4.78, 5) is 29.6. The number of amides is 1. The predicted molar refractivity (Wildman–Crippen MR) is 167 cm³/mol. The van der Waals surface area contributed by atoms with Crippen molar-refractivity contribution in [2.45, 2.75) is 39.7 Å². The summed E-state index contributed by atoms with van der Waals surface area (Å²) in [7, 11) is 0. The number of aryl methyl sites for hydroxylation is 2. The molecule has 6 rings (SSSR count). The monoisotopic (exact) mass is 569 g/mol. The van der Waals surface area contributed by atoms with E-state index in [-0.39, 0.29) is 5.91 Å². The van der Waals surface area contributed by atoms with E-state index < -0.39 is 0 Å². The molecule has 0 radical (unpaired) electrons. The summed E-state index contributed by atoms with van der Waals surface area (Å²) in [5, 5.41) is 17.6. The van der Waals surface area contributed by atoms with E-state index in [0.29, 0.717) is 35.5 Å². The van der Waals surface area contributed by atoms with Crippen molar-refractivity contribution in [3.63, 3.8) is 0 Å². The van der Waals surface area contributed by atoms with Gasteiger partial charge < -0.3 is 9.88 Å². The van der Waals surface area contributed by atoms with E-state index in [0.717, 1.165) is 63.9 Å². The number of aromatic nitrogens is 6. The number of nitrogens with one attached hydrogen (secondary N) is 2. The van der Waals surface area contributed by atoms with E-state index in [1.165, 1.54) is 0 Å². The molecule has 2 heterocycles.